The molecule has 0 amide bonds. The van der Waals surface area contributed by atoms with E-state index in [1.807, 2.05) is 30.3 Å². The number of likely N-dealkylation sites (tertiary alicyclic amines) is 1. The second-order valence-electron chi connectivity index (χ2n) is 8.61. The van der Waals surface area contributed by atoms with Crippen molar-refractivity contribution < 1.29 is 23.1 Å². The monoisotopic (exact) mass is 454 g/mol. The Bertz CT molecular complexity index is 1050. The van der Waals surface area contributed by atoms with Crippen LogP contribution in [0.5, 0.6) is 0 Å². The Morgan fingerprint density at radius 1 is 1.12 bits per heavy atom. The molecule has 0 radical (unpaired) electrons. The number of nitrogens with zero attached hydrogens (tertiary/aromatic N) is 1. The highest BCUT2D eigenvalue weighted by molar-refractivity contribution is 6.24. The molecule has 4 rings (SSSR count). The number of benzene rings is 2. The topological polar surface area (TPSA) is 58.6 Å². The molecule has 0 bridgehead atoms. The van der Waals surface area contributed by atoms with Crippen LogP contribution in [0.3, 0.4) is 0 Å². The van der Waals surface area contributed by atoms with Gasteiger partial charge in [-0.3, -0.25) is 9.69 Å². The summed E-state index contributed by atoms with van der Waals surface area (Å²) in [5.74, 6) is -3.37. The van der Waals surface area contributed by atoms with Gasteiger partial charge in [0.25, 0.3) is 0 Å². The van der Waals surface area contributed by atoms with Crippen molar-refractivity contribution in [1.29, 1.82) is 0 Å². The molecule has 2 aromatic rings. The van der Waals surface area contributed by atoms with Gasteiger partial charge in [-0.1, -0.05) is 30.3 Å². The number of Topliss-reactive ketones (excluding diaryl/α,β-unsaturated/α-hetero) is 1. The van der Waals surface area contributed by atoms with E-state index in [0.29, 0.717) is 13.0 Å². The minimum Gasteiger partial charge on any atom is -0.462 e. The van der Waals surface area contributed by atoms with Crippen molar-refractivity contribution in [2.45, 2.75) is 44.7 Å². The Hall–Kier alpha value is -3.06. The van der Waals surface area contributed by atoms with Crippen LogP contribution in [-0.4, -0.2) is 42.4 Å². The molecule has 1 N–H and O–H groups in total. The lowest BCUT2D eigenvalue weighted by atomic mass is 9.94. The van der Waals surface area contributed by atoms with Gasteiger partial charge < -0.3 is 10.1 Å². The van der Waals surface area contributed by atoms with Crippen molar-refractivity contribution in [2.75, 3.05) is 19.7 Å². The summed E-state index contributed by atoms with van der Waals surface area (Å²) in [6.07, 6.45) is 3.83. The van der Waals surface area contributed by atoms with E-state index in [1.165, 1.54) is 11.8 Å². The molecule has 1 atom stereocenters. The van der Waals surface area contributed by atoms with Crippen LogP contribution in [0.1, 0.15) is 53.6 Å². The average molecular weight is 455 g/mol. The SMILES string of the molecule is CCOC(=O)/C(=C/NC1CC1)C(=O)c1cc(F)c(C2CCN(Cc3ccccc3)C2)cc1F. The van der Waals surface area contributed by atoms with E-state index in [1.54, 1.807) is 6.92 Å². The maximum absolute atomic E-state index is 15.0. The predicted molar refractivity (Wildman–Crippen MR) is 121 cm³/mol. The zero-order valence-electron chi connectivity index (χ0n) is 18.7. The lowest BCUT2D eigenvalue weighted by Crippen LogP contribution is -2.22. The van der Waals surface area contributed by atoms with Gasteiger partial charge in [-0.15, -0.1) is 0 Å². The first-order chi connectivity index (χ1) is 16.0. The number of ether oxygens (including phenoxy) is 1. The number of hydrogen-bond acceptors (Lipinski definition) is 5. The Morgan fingerprint density at radius 2 is 1.88 bits per heavy atom. The summed E-state index contributed by atoms with van der Waals surface area (Å²) < 4.78 is 35.0. The minimum atomic E-state index is -0.887. The molecule has 1 saturated carbocycles. The number of carbonyl (C=O) groups is 2. The van der Waals surface area contributed by atoms with E-state index in [4.69, 9.17) is 4.74 Å². The quantitative estimate of drug-likeness (QED) is 0.201. The van der Waals surface area contributed by atoms with Crippen LogP contribution < -0.4 is 5.32 Å². The molecule has 1 heterocycles. The summed E-state index contributed by atoms with van der Waals surface area (Å²) in [7, 11) is 0. The van der Waals surface area contributed by atoms with Gasteiger partial charge in [0, 0.05) is 31.2 Å². The van der Waals surface area contributed by atoms with Crippen molar-refractivity contribution in [1.82, 2.24) is 10.2 Å². The molecule has 174 valence electrons. The largest absolute Gasteiger partial charge is 0.462 e. The molecular weight excluding hydrogens is 426 g/mol. The third-order valence-electron chi connectivity index (χ3n) is 6.07. The van der Waals surface area contributed by atoms with Gasteiger partial charge in [0.2, 0.25) is 5.78 Å². The zero-order chi connectivity index (χ0) is 23.4. The maximum atomic E-state index is 15.0. The molecule has 0 spiro atoms. The van der Waals surface area contributed by atoms with E-state index in [-0.39, 0.29) is 29.7 Å². The molecule has 0 aromatic heterocycles. The molecule has 2 fully saturated rings. The highest BCUT2D eigenvalue weighted by atomic mass is 19.1. The van der Waals surface area contributed by atoms with Crippen molar-refractivity contribution in [2.24, 2.45) is 0 Å². The average Bonchev–Trinajstić information content (AvgIpc) is 3.52. The fourth-order valence-corrected chi connectivity index (χ4v) is 4.14. The van der Waals surface area contributed by atoms with E-state index in [0.717, 1.165) is 38.1 Å². The Morgan fingerprint density at radius 3 is 2.58 bits per heavy atom. The summed E-state index contributed by atoms with van der Waals surface area (Å²) in [6, 6.07) is 12.2. The molecule has 1 aliphatic heterocycles. The molecule has 5 nitrogen and oxygen atoms in total. The molecule has 1 saturated heterocycles. The number of rotatable bonds is 9. The fourth-order valence-electron chi connectivity index (χ4n) is 4.14. The third kappa shape index (κ3) is 5.66. The number of nitrogens with one attached hydrogen (secondary N) is 1. The molecule has 7 heteroatoms. The summed E-state index contributed by atoms with van der Waals surface area (Å²) >= 11 is 0. The van der Waals surface area contributed by atoms with Crippen LogP contribution in [0, 0.1) is 11.6 Å². The van der Waals surface area contributed by atoms with E-state index >= 15 is 4.39 Å². The lowest BCUT2D eigenvalue weighted by molar-refractivity contribution is -0.138. The summed E-state index contributed by atoms with van der Waals surface area (Å²) in [5, 5.41) is 2.96. The molecule has 2 aliphatic rings. The minimum absolute atomic E-state index is 0.0732. The van der Waals surface area contributed by atoms with Crippen LogP contribution in [-0.2, 0) is 16.1 Å². The van der Waals surface area contributed by atoms with Crippen molar-refractivity contribution >= 4 is 11.8 Å². The molecule has 2 aromatic carbocycles. The van der Waals surface area contributed by atoms with E-state index in [2.05, 4.69) is 10.2 Å². The van der Waals surface area contributed by atoms with Gasteiger partial charge in [0.1, 0.15) is 17.2 Å². The fraction of sp³-hybridized carbons (Fsp3) is 0.385. The maximum Gasteiger partial charge on any atom is 0.343 e. The van der Waals surface area contributed by atoms with Gasteiger partial charge in [-0.25, -0.2) is 13.6 Å². The normalized spacial score (nSPS) is 18.9. The first kappa shape index (κ1) is 23.1. The summed E-state index contributed by atoms with van der Waals surface area (Å²) in [6.45, 7) is 3.83. The predicted octanol–water partition coefficient (Wildman–Crippen LogP) is 4.34. The summed E-state index contributed by atoms with van der Waals surface area (Å²) in [4.78, 5) is 27.4. The van der Waals surface area contributed by atoms with Crippen molar-refractivity contribution in [3.63, 3.8) is 0 Å². The van der Waals surface area contributed by atoms with E-state index in [9.17, 15) is 14.0 Å². The van der Waals surface area contributed by atoms with Crippen LogP contribution in [0.4, 0.5) is 8.78 Å². The Kier molecular flexibility index (Phi) is 7.18. The second-order valence-corrected chi connectivity index (χ2v) is 8.61. The first-order valence-electron chi connectivity index (χ1n) is 11.4. The van der Waals surface area contributed by atoms with Gasteiger partial charge in [0.05, 0.1) is 12.2 Å². The summed E-state index contributed by atoms with van der Waals surface area (Å²) in [5.41, 5.74) is 0.637. The number of esters is 1. The number of ketones is 1. The van der Waals surface area contributed by atoms with Crippen molar-refractivity contribution in [3.05, 3.63) is 82.6 Å². The highest BCUT2D eigenvalue weighted by Crippen LogP contribution is 2.32. The molecule has 33 heavy (non-hydrogen) atoms. The van der Waals surface area contributed by atoms with Crippen molar-refractivity contribution in [3.8, 4) is 0 Å². The standard InChI is InChI=1S/C26H28F2N2O3/c1-2-33-26(32)22(14-29-19-8-9-19)25(31)21-13-23(27)20(12-24(21)28)18-10-11-30(16-18)15-17-6-4-3-5-7-17/h3-7,12-14,18-19,29H,2,8-11,15-16H2,1H3/b22-14+. The third-order valence-corrected chi connectivity index (χ3v) is 6.07. The zero-order valence-corrected chi connectivity index (χ0v) is 18.7. The van der Waals surface area contributed by atoms with Crippen LogP contribution in [0.25, 0.3) is 0 Å². The molecule has 1 aliphatic carbocycles. The molecular formula is C26H28F2N2O3. The Labute approximate surface area is 192 Å². The van der Waals surface area contributed by atoms with Crippen LogP contribution in [0.2, 0.25) is 0 Å². The van der Waals surface area contributed by atoms with Gasteiger partial charge in [-0.05, 0) is 56.0 Å². The second kappa shape index (κ2) is 10.3. The van der Waals surface area contributed by atoms with E-state index < -0.39 is 29.0 Å². The van der Waals surface area contributed by atoms with Gasteiger partial charge in [-0.2, -0.15) is 0 Å². The Balaban J connectivity index is 1.51. The van der Waals surface area contributed by atoms with Crippen LogP contribution in [0.15, 0.2) is 54.2 Å². The van der Waals surface area contributed by atoms with Gasteiger partial charge >= 0.3 is 5.97 Å². The van der Waals surface area contributed by atoms with Crippen LogP contribution >= 0.6 is 0 Å². The number of hydrogen-bond donors (Lipinski definition) is 1. The number of carbonyl (C=O) groups excluding carboxylic acids is 2. The lowest BCUT2D eigenvalue weighted by Gasteiger charge is -2.17. The highest BCUT2D eigenvalue weighted by Gasteiger charge is 2.30. The first-order valence-corrected chi connectivity index (χ1v) is 11.4. The molecule has 1 unspecified atom stereocenters. The van der Waals surface area contributed by atoms with Gasteiger partial charge in [0.15, 0.2) is 0 Å². The number of halogens is 2. The smallest absolute Gasteiger partial charge is 0.343 e.